The van der Waals surface area contributed by atoms with E-state index in [9.17, 15) is 0 Å². The lowest BCUT2D eigenvalue weighted by molar-refractivity contribution is 0.340. The summed E-state index contributed by atoms with van der Waals surface area (Å²) in [5.74, 6) is 3.33. The second-order valence-corrected chi connectivity index (χ2v) is 7.81. The monoisotopic (exact) mass is 432 g/mol. The van der Waals surface area contributed by atoms with Crippen LogP contribution in [0.1, 0.15) is 12.5 Å². The Labute approximate surface area is 186 Å². The molecule has 0 bridgehead atoms. The average Bonchev–Trinajstić information content (AvgIpc) is 3.24. The van der Waals surface area contributed by atoms with Gasteiger partial charge in [-0.15, -0.1) is 10.2 Å². The van der Waals surface area contributed by atoms with Crippen LogP contribution in [-0.2, 0) is 6.42 Å². The Morgan fingerprint density at radius 3 is 2.26 bits per heavy atom. The number of ether oxygens (including phenoxy) is 2. The van der Waals surface area contributed by atoms with Crippen molar-refractivity contribution in [3.8, 4) is 28.6 Å². The van der Waals surface area contributed by atoms with Crippen LogP contribution in [0.25, 0.3) is 17.1 Å². The smallest absolute Gasteiger partial charge is 0.196 e. The highest BCUT2D eigenvalue weighted by Crippen LogP contribution is 2.30. The van der Waals surface area contributed by atoms with Gasteiger partial charge >= 0.3 is 0 Å². The van der Waals surface area contributed by atoms with E-state index in [0.29, 0.717) is 6.61 Å². The third-order valence-corrected chi connectivity index (χ3v) is 5.69. The van der Waals surface area contributed by atoms with Crippen molar-refractivity contribution in [1.29, 1.82) is 0 Å². The van der Waals surface area contributed by atoms with Gasteiger partial charge in [0.05, 0.1) is 13.7 Å². The van der Waals surface area contributed by atoms with Gasteiger partial charge in [-0.05, 0) is 79.6 Å². The number of benzene rings is 2. The molecular weight excluding hydrogens is 408 g/mol. The van der Waals surface area contributed by atoms with Crippen LogP contribution in [0.5, 0.6) is 11.5 Å². The second-order valence-electron chi connectivity index (χ2n) is 6.75. The molecule has 0 radical (unpaired) electrons. The summed E-state index contributed by atoms with van der Waals surface area (Å²) in [4.78, 5) is 4.08. The van der Waals surface area contributed by atoms with E-state index in [1.165, 1.54) is 5.56 Å². The fourth-order valence-electron chi connectivity index (χ4n) is 3.19. The van der Waals surface area contributed by atoms with Gasteiger partial charge in [0.15, 0.2) is 11.0 Å². The first-order chi connectivity index (χ1) is 15.3. The third-order valence-electron chi connectivity index (χ3n) is 4.76. The summed E-state index contributed by atoms with van der Waals surface area (Å²) in [5.41, 5.74) is 3.22. The Morgan fingerprint density at radius 1 is 0.871 bits per heavy atom. The Hall–Kier alpha value is -3.32. The number of nitrogens with zero attached hydrogens (tertiary/aromatic N) is 4. The highest BCUT2D eigenvalue weighted by molar-refractivity contribution is 7.99. The maximum Gasteiger partial charge on any atom is 0.196 e. The minimum atomic E-state index is 0.638. The molecule has 0 unspecified atom stereocenters. The molecule has 0 saturated heterocycles. The predicted molar refractivity (Wildman–Crippen MR) is 123 cm³/mol. The fourth-order valence-corrected chi connectivity index (χ4v) is 4.13. The van der Waals surface area contributed by atoms with Crippen molar-refractivity contribution in [1.82, 2.24) is 19.7 Å². The highest BCUT2D eigenvalue weighted by Gasteiger charge is 2.16. The first kappa shape index (κ1) is 20.9. The maximum atomic E-state index is 5.60. The van der Waals surface area contributed by atoms with Gasteiger partial charge in [0.2, 0.25) is 0 Å². The summed E-state index contributed by atoms with van der Waals surface area (Å²) in [6, 6.07) is 20.0. The molecule has 0 N–H and O–H groups in total. The number of thioether (sulfide) groups is 1. The quantitative estimate of drug-likeness (QED) is 0.344. The van der Waals surface area contributed by atoms with Crippen LogP contribution in [0.4, 0.5) is 0 Å². The molecule has 0 aliphatic carbocycles. The molecule has 4 rings (SSSR count). The van der Waals surface area contributed by atoms with Gasteiger partial charge in [0.25, 0.3) is 0 Å². The molecule has 0 spiro atoms. The number of hydrogen-bond donors (Lipinski definition) is 0. The van der Waals surface area contributed by atoms with E-state index in [0.717, 1.165) is 45.9 Å². The first-order valence-electron chi connectivity index (χ1n) is 10.1. The molecule has 0 aliphatic heterocycles. The number of aromatic nitrogens is 4. The molecule has 0 atom stereocenters. The normalized spacial score (nSPS) is 10.8. The van der Waals surface area contributed by atoms with Gasteiger partial charge in [0, 0.05) is 29.4 Å². The molecule has 158 valence electrons. The lowest BCUT2D eigenvalue weighted by Gasteiger charge is -2.12. The number of pyridine rings is 1. The number of hydrogen-bond acceptors (Lipinski definition) is 6. The lowest BCUT2D eigenvalue weighted by Crippen LogP contribution is -2.01. The number of rotatable bonds is 9. The predicted octanol–water partition coefficient (Wildman–Crippen LogP) is 5.07. The summed E-state index contributed by atoms with van der Waals surface area (Å²) in [6.45, 7) is 2.62. The SMILES string of the molecule is CCOc1ccc(-n2c(SCCc3ccncc3)nnc2-c2ccc(OC)cc2)cc1. The van der Waals surface area contributed by atoms with Gasteiger partial charge in [-0.1, -0.05) is 11.8 Å². The summed E-state index contributed by atoms with van der Waals surface area (Å²) < 4.78 is 13.0. The van der Waals surface area contributed by atoms with E-state index in [1.54, 1.807) is 18.9 Å². The van der Waals surface area contributed by atoms with E-state index in [4.69, 9.17) is 9.47 Å². The molecule has 7 heteroatoms. The zero-order valence-corrected chi connectivity index (χ0v) is 18.4. The van der Waals surface area contributed by atoms with E-state index in [1.807, 2.05) is 80.0 Å². The van der Waals surface area contributed by atoms with Gasteiger partial charge in [-0.25, -0.2) is 0 Å². The van der Waals surface area contributed by atoms with Crippen LogP contribution in [0, 0.1) is 0 Å². The van der Waals surface area contributed by atoms with Crippen molar-refractivity contribution in [3.05, 3.63) is 78.6 Å². The Kier molecular flexibility index (Phi) is 6.84. The van der Waals surface area contributed by atoms with Crippen molar-refractivity contribution in [2.45, 2.75) is 18.5 Å². The molecular formula is C24H24N4O2S. The highest BCUT2D eigenvalue weighted by atomic mass is 32.2. The van der Waals surface area contributed by atoms with Gasteiger partial charge < -0.3 is 9.47 Å². The molecule has 0 fully saturated rings. The summed E-state index contributed by atoms with van der Waals surface area (Å²) >= 11 is 1.69. The van der Waals surface area contributed by atoms with Crippen molar-refractivity contribution in [2.75, 3.05) is 19.5 Å². The van der Waals surface area contributed by atoms with Crippen molar-refractivity contribution >= 4 is 11.8 Å². The first-order valence-corrected chi connectivity index (χ1v) is 11.1. The van der Waals surface area contributed by atoms with Crippen molar-refractivity contribution in [3.63, 3.8) is 0 Å². The maximum absolute atomic E-state index is 5.60. The van der Waals surface area contributed by atoms with Crippen LogP contribution in [0.15, 0.2) is 78.2 Å². The van der Waals surface area contributed by atoms with E-state index in [-0.39, 0.29) is 0 Å². The van der Waals surface area contributed by atoms with E-state index < -0.39 is 0 Å². The molecule has 0 saturated carbocycles. The van der Waals surface area contributed by atoms with Gasteiger partial charge in [0.1, 0.15) is 11.5 Å². The second kappa shape index (κ2) is 10.1. The minimum Gasteiger partial charge on any atom is -0.497 e. The van der Waals surface area contributed by atoms with Gasteiger partial charge in [-0.3, -0.25) is 9.55 Å². The van der Waals surface area contributed by atoms with Crippen LogP contribution in [-0.4, -0.2) is 39.2 Å². The zero-order valence-electron chi connectivity index (χ0n) is 17.6. The Balaban J connectivity index is 1.64. The minimum absolute atomic E-state index is 0.638. The van der Waals surface area contributed by atoms with Crippen LogP contribution >= 0.6 is 11.8 Å². The topological polar surface area (TPSA) is 62.1 Å². The number of methoxy groups -OCH3 is 1. The molecule has 2 aromatic carbocycles. The van der Waals surface area contributed by atoms with Gasteiger partial charge in [-0.2, -0.15) is 0 Å². The van der Waals surface area contributed by atoms with E-state index in [2.05, 4.69) is 19.7 Å². The average molecular weight is 433 g/mol. The molecule has 0 amide bonds. The van der Waals surface area contributed by atoms with Crippen molar-refractivity contribution in [2.24, 2.45) is 0 Å². The number of aryl methyl sites for hydroxylation is 1. The van der Waals surface area contributed by atoms with Crippen LogP contribution in [0.2, 0.25) is 0 Å². The van der Waals surface area contributed by atoms with Crippen molar-refractivity contribution < 1.29 is 9.47 Å². The molecule has 31 heavy (non-hydrogen) atoms. The van der Waals surface area contributed by atoms with E-state index >= 15 is 0 Å². The molecule has 4 aromatic rings. The zero-order chi connectivity index (χ0) is 21.5. The molecule has 0 aliphatic rings. The Bertz CT molecular complexity index is 1100. The third kappa shape index (κ3) is 5.06. The summed E-state index contributed by atoms with van der Waals surface area (Å²) in [5, 5.41) is 9.87. The molecule has 2 aromatic heterocycles. The summed E-state index contributed by atoms with van der Waals surface area (Å²) in [7, 11) is 1.66. The Morgan fingerprint density at radius 2 is 1.58 bits per heavy atom. The standard InChI is InChI=1S/C24H24N4O2S/c1-3-30-22-10-6-20(7-11-22)28-23(19-4-8-21(29-2)9-5-19)26-27-24(28)31-17-14-18-12-15-25-16-13-18/h4-13,15-16H,3,14,17H2,1-2H3. The van der Waals surface area contributed by atoms with Crippen LogP contribution < -0.4 is 9.47 Å². The summed E-state index contributed by atoms with van der Waals surface area (Å²) in [6.07, 6.45) is 4.58. The largest absolute Gasteiger partial charge is 0.497 e. The van der Waals surface area contributed by atoms with Crippen LogP contribution in [0.3, 0.4) is 0 Å². The molecule has 2 heterocycles. The molecule has 6 nitrogen and oxygen atoms in total. The fraction of sp³-hybridized carbons (Fsp3) is 0.208. The lowest BCUT2D eigenvalue weighted by atomic mass is 10.2.